The molecular formula is C18H15NO5S. The van der Waals surface area contributed by atoms with Gasteiger partial charge in [-0.2, -0.15) is 0 Å². The van der Waals surface area contributed by atoms with E-state index >= 15 is 0 Å². The normalized spacial score (nSPS) is 10.8. The second-order valence-electron chi connectivity index (χ2n) is 5.23. The highest BCUT2D eigenvalue weighted by Crippen LogP contribution is 2.36. The first-order chi connectivity index (χ1) is 12.0. The minimum atomic E-state index is -1.19. The second kappa shape index (κ2) is 6.90. The molecule has 0 fully saturated rings. The summed E-state index contributed by atoms with van der Waals surface area (Å²) in [6.07, 6.45) is 3.18. The van der Waals surface area contributed by atoms with E-state index in [1.165, 1.54) is 10.6 Å². The number of nitrogens with zero attached hydrogens (tertiary/aromatic N) is 1. The first-order valence-corrected chi connectivity index (χ1v) is 8.61. The van der Waals surface area contributed by atoms with Crippen LogP contribution in [0, 0.1) is 0 Å². The number of aromatic nitrogens is 1. The van der Waals surface area contributed by atoms with Crippen LogP contribution < -0.4 is 4.74 Å². The lowest BCUT2D eigenvalue weighted by Crippen LogP contribution is -2.03. The van der Waals surface area contributed by atoms with E-state index in [0.717, 1.165) is 17.3 Å². The average molecular weight is 357 g/mol. The van der Waals surface area contributed by atoms with Gasteiger partial charge in [0, 0.05) is 6.20 Å². The number of rotatable bonds is 6. The lowest BCUT2D eigenvalue weighted by molar-refractivity contribution is 0.0685. The molecule has 2 heterocycles. The predicted molar refractivity (Wildman–Crippen MR) is 93.9 cm³/mol. The Kier molecular flexibility index (Phi) is 4.67. The Labute approximate surface area is 147 Å². The number of ether oxygens (including phenoxy) is 1. The second-order valence-corrected chi connectivity index (χ2v) is 6.05. The van der Waals surface area contributed by atoms with E-state index < -0.39 is 11.9 Å². The van der Waals surface area contributed by atoms with Gasteiger partial charge in [0.15, 0.2) is 0 Å². The number of hydrogen-bond donors (Lipinski definition) is 2. The van der Waals surface area contributed by atoms with Crippen molar-refractivity contribution in [2.45, 2.75) is 11.5 Å². The Hall–Kier alpha value is -2.93. The summed E-state index contributed by atoms with van der Waals surface area (Å²) in [7, 11) is 0. The van der Waals surface area contributed by atoms with Gasteiger partial charge in [0.1, 0.15) is 29.1 Å². The summed E-state index contributed by atoms with van der Waals surface area (Å²) in [6.45, 7) is 0.252. The molecule has 0 saturated carbocycles. The van der Waals surface area contributed by atoms with Crippen LogP contribution in [0.25, 0.3) is 5.52 Å². The third-order valence-electron chi connectivity index (χ3n) is 3.73. The van der Waals surface area contributed by atoms with Gasteiger partial charge in [0.2, 0.25) is 0 Å². The lowest BCUT2D eigenvalue weighted by Gasteiger charge is -2.09. The maximum absolute atomic E-state index is 11.8. The van der Waals surface area contributed by atoms with Crippen molar-refractivity contribution in [1.29, 1.82) is 0 Å². The Morgan fingerprint density at radius 3 is 2.40 bits per heavy atom. The number of thioether (sulfide) groups is 1. The van der Waals surface area contributed by atoms with Crippen molar-refractivity contribution < 1.29 is 24.5 Å². The van der Waals surface area contributed by atoms with E-state index in [1.54, 1.807) is 18.4 Å². The largest absolute Gasteiger partial charge is 0.487 e. The van der Waals surface area contributed by atoms with Crippen LogP contribution in [0.2, 0.25) is 0 Å². The minimum absolute atomic E-state index is 0.0615. The molecule has 2 aromatic heterocycles. The molecule has 1 aromatic carbocycles. The molecule has 3 aromatic rings. The van der Waals surface area contributed by atoms with Crippen LogP contribution in [0.3, 0.4) is 0 Å². The molecule has 128 valence electrons. The minimum Gasteiger partial charge on any atom is -0.487 e. The first-order valence-electron chi connectivity index (χ1n) is 7.39. The summed E-state index contributed by atoms with van der Waals surface area (Å²) in [6, 6.07) is 12.7. The Morgan fingerprint density at radius 2 is 1.80 bits per heavy atom. The third kappa shape index (κ3) is 3.06. The number of benzene rings is 1. The molecule has 0 amide bonds. The van der Waals surface area contributed by atoms with Gasteiger partial charge in [0.25, 0.3) is 0 Å². The molecule has 7 heteroatoms. The van der Waals surface area contributed by atoms with E-state index in [4.69, 9.17) is 4.74 Å². The van der Waals surface area contributed by atoms with Gasteiger partial charge < -0.3 is 19.4 Å². The molecule has 0 aliphatic heterocycles. The molecule has 0 bridgehead atoms. The Morgan fingerprint density at radius 1 is 1.08 bits per heavy atom. The predicted octanol–water partition coefficient (Wildman–Crippen LogP) is 3.64. The molecule has 25 heavy (non-hydrogen) atoms. The van der Waals surface area contributed by atoms with Crippen LogP contribution in [0.5, 0.6) is 5.75 Å². The van der Waals surface area contributed by atoms with E-state index in [-0.39, 0.29) is 28.3 Å². The van der Waals surface area contributed by atoms with Crippen molar-refractivity contribution in [1.82, 2.24) is 4.40 Å². The molecule has 0 unspecified atom stereocenters. The molecule has 6 nitrogen and oxygen atoms in total. The summed E-state index contributed by atoms with van der Waals surface area (Å²) < 4.78 is 7.16. The van der Waals surface area contributed by atoms with E-state index in [0.29, 0.717) is 5.75 Å². The zero-order chi connectivity index (χ0) is 18.0. The molecule has 0 atom stereocenters. The summed E-state index contributed by atoms with van der Waals surface area (Å²) in [5.41, 5.74) is 1.03. The monoisotopic (exact) mass is 357 g/mol. The van der Waals surface area contributed by atoms with Gasteiger partial charge in [-0.25, -0.2) is 9.59 Å². The molecule has 0 radical (unpaired) electrons. The number of aromatic carboxylic acids is 2. The van der Waals surface area contributed by atoms with Gasteiger partial charge in [-0.05, 0) is 24.0 Å². The number of carboxylic acid groups (broad SMARTS) is 2. The van der Waals surface area contributed by atoms with Crippen molar-refractivity contribution in [3.8, 4) is 5.75 Å². The van der Waals surface area contributed by atoms with Crippen LogP contribution >= 0.6 is 11.8 Å². The van der Waals surface area contributed by atoms with Gasteiger partial charge in [-0.15, -0.1) is 11.8 Å². The van der Waals surface area contributed by atoms with E-state index in [9.17, 15) is 19.8 Å². The van der Waals surface area contributed by atoms with Gasteiger partial charge >= 0.3 is 11.9 Å². The molecular weight excluding hydrogens is 342 g/mol. The van der Waals surface area contributed by atoms with Gasteiger partial charge in [-0.1, -0.05) is 30.3 Å². The number of pyridine rings is 1. The fourth-order valence-corrected chi connectivity index (χ4v) is 3.47. The summed E-state index contributed by atoms with van der Waals surface area (Å²) in [4.78, 5) is 23.6. The fourth-order valence-electron chi connectivity index (χ4n) is 2.70. The van der Waals surface area contributed by atoms with Crippen LogP contribution in [-0.2, 0) is 6.61 Å². The summed E-state index contributed by atoms with van der Waals surface area (Å²) in [5.74, 6) is -2.05. The Bertz CT molecular complexity index is 949. The standard InChI is InChI=1S/C18H15NO5S/c1-25-16-13(17(20)21)14-12(24-10-11-6-3-2-4-7-11)8-5-9-19(14)15(16)18(22)23/h2-9H,10H2,1H3,(H,20,21)(H,22,23). The highest BCUT2D eigenvalue weighted by atomic mass is 32.2. The highest BCUT2D eigenvalue weighted by Gasteiger charge is 2.28. The average Bonchev–Trinajstić information content (AvgIpc) is 2.96. The summed E-state index contributed by atoms with van der Waals surface area (Å²) >= 11 is 1.09. The quantitative estimate of drug-likeness (QED) is 0.655. The van der Waals surface area contributed by atoms with Gasteiger partial charge in [-0.3, -0.25) is 0 Å². The van der Waals surface area contributed by atoms with Crippen molar-refractivity contribution in [2.75, 3.05) is 6.26 Å². The Balaban J connectivity index is 2.17. The topological polar surface area (TPSA) is 88.2 Å². The number of fused-ring (bicyclic) bond motifs is 1. The van der Waals surface area contributed by atoms with Crippen LogP contribution in [0.15, 0.2) is 53.6 Å². The number of carbonyl (C=O) groups is 2. The van der Waals surface area contributed by atoms with Crippen molar-refractivity contribution in [3.63, 3.8) is 0 Å². The maximum atomic E-state index is 11.8. The number of hydrogen-bond acceptors (Lipinski definition) is 4. The maximum Gasteiger partial charge on any atom is 0.354 e. The van der Waals surface area contributed by atoms with Crippen LogP contribution in [0.4, 0.5) is 0 Å². The van der Waals surface area contributed by atoms with Crippen molar-refractivity contribution in [2.24, 2.45) is 0 Å². The summed E-state index contributed by atoms with van der Waals surface area (Å²) in [5, 5.41) is 19.1. The van der Waals surface area contributed by atoms with Crippen LogP contribution in [0.1, 0.15) is 26.4 Å². The SMILES string of the molecule is CSc1c(C(=O)O)c2c(OCc3ccccc3)cccn2c1C(=O)O. The van der Waals surface area contributed by atoms with Crippen molar-refractivity contribution >= 4 is 29.2 Å². The molecule has 3 rings (SSSR count). The highest BCUT2D eigenvalue weighted by molar-refractivity contribution is 7.98. The van der Waals surface area contributed by atoms with E-state index in [2.05, 4.69) is 0 Å². The molecule has 2 N–H and O–H groups in total. The fraction of sp³-hybridized carbons (Fsp3) is 0.111. The molecule has 0 saturated heterocycles. The lowest BCUT2D eigenvalue weighted by atomic mass is 10.2. The van der Waals surface area contributed by atoms with Crippen molar-refractivity contribution in [3.05, 3.63) is 65.5 Å². The van der Waals surface area contributed by atoms with Crippen LogP contribution in [-0.4, -0.2) is 32.8 Å². The first kappa shape index (κ1) is 16.9. The number of carboxylic acids is 2. The van der Waals surface area contributed by atoms with E-state index in [1.807, 2.05) is 30.3 Å². The molecule has 0 aliphatic rings. The smallest absolute Gasteiger partial charge is 0.354 e. The van der Waals surface area contributed by atoms with Gasteiger partial charge in [0.05, 0.1) is 4.90 Å². The molecule has 0 spiro atoms. The zero-order valence-corrected chi connectivity index (χ0v) is 14.1. The molecule has 0 aliphatic carbocycles. The zero-order valence-electron chi connectivity index (χ0n) is 13.3. The third-order valence-corrected chi connectivity index (χ3v) is 4.54.